The summed E-state index contributed by atoms with van der Waals surface area (Å²) >= 11 is 18.7. The standard InChI is InChI=1S/C24H24Cl3NO2.ClH/c1-2-29-23-14-18(15-28-12-11-17-7-9-20(25)10-8-17)13-22(27)24(23)30-16-19-5-3-4-6-21(19)26;/h3-10,13-14,28H,2,11-12,15-16H2,1H3;1H. The second-order valence-corrected chi connectivity index (χ2v) is 8.02. The lowest BCUT2D eigenvalue weighted by molar-refractivity contribution is 0.269. The van der Waals surface area contributed by atoms with E-state index in [1.54, 1.807) is 0 Å². The summed E-state index contributed by atoms with van der Waals surface area (Å²) < 4.78 is 11.7. The highest BCUT2D eigenvalue weighted by Crippen LogP contribution is 2.37. The molecule has 0 aliphatic rings. The maximum Gasteiger partial charge on any atom is 0.180 e. The van der Waals surface area contributed by atoms with E-state index in [1.165, 1.54) is 5.56 Å². The van der Waals surface area contributed by atoms with Crippen LogP contribution in [0.5, 0.6) is 11.5 Å². The molecule has 7 heteroatoms. The van der Waals surface area contributed by atoms with Gasteiger partial charge in [-0.25, -0.2) is 0 Å². The molecule has 0 radical (unpaired) electrons. The summed E-state index contributed by atoms with van der Waals surface area (Å²) in [6.07, 6.45) is 0.919. The molecule has 3 aromatic carbocycles. The average Bonchev–Trinajstić information content (AvgIpc) is 2.73. The van der Waals surface area contributed by atoms with Gasteiger partial charge in [0.05, 0.1) is 11.6 Å². The molecule has 0 bridgehead atoms. The maximum absolute atomic E-state index is 6.52. The minimum absolute atomic E-state index is 0. The molecule has 0 saturated carbocycles. The zero-order chi connectivity index (χ0) is 21.3. The third-order valence-electron chi connectivity index (χ3n) is 4.53. The summed E-state index contributed by atoms with van der Waals surface area (Å²) in [7, 11) is 0. The highest BCUT2D eigenvalue weighted by Gasteiger charge is 2.13. The number of halogens is 4. The quantitative estimate of drug-likeness (QED) is 0.294. The van der Waals surface area contributed by atoms with E-state index in [9.17, 15) is 0 Å². The van der Waals surface area contributed by atoms with Crippen LogP contribution >= 0.6 is 47.2 Å². The Bertz CT molecular complexity index is 964. The Morgan fingerprint density at radius 1 is 0.839 bits per heavy atom. The van der Waals surface area contributed by atoms with Crippen LogP contribution in [-0.2, 0) is 19.6 Å². The lowest BCUT2D eigenvalue weighted by atomic mass is 10.1. The fourth-order valence-corrected chi connectivity index (χ4v) is 3.61. The summed E-state index contributed by atoms with van der Waals surface area (Å²) in [5.74, 6) is 1.16. The van der Waals surface area contributed by atoms with Gasteiger partial charge in [-0.05, 0) is 61.3 Å². The van der Waals surface area contributed by atoms with E-state index >= 15 is 0 Å². The number of ether oxygens (including phenoxy) is 2. The van der Waals surface area contributed by atoms with Crippen molar-refractivity contribution in [2.24, 2.45) is 0 Å². The molecule has 3 aromatic rings. The lowest BCUT2D eigenvalue weighted by Crippen LogP contribution is -2.16. The summed E-state index contributed by atoms with van der Waals surface area (Å²) in [5.41, 5.74) is 3.17. The van der Waals surface area contributed by atoms with E-state index in [2.05, 4.69) is 5.32 Å². The third kappa shape index (κ3) is 7.78. The first-order chi connectivity index (χ1) is 14.6. The fraction of sp³-hybridized carbons (Fsp3) is 0.250. The lowest BCUT2D eigenvalue weighted by Gasteiger charge is -2.16. The average molecular weight is 501 g/mol. The monoisotopic (exact) mass is 499 g/mol. The minimum Gasteiger partial charge on any atom is -0.490 e. The Kier molecular flexibility index (Phi) is 10.8. The van der Waals surface area contributed by atoms with Crippen molar-refractivity contribution in [3.8, 4) is 11.5 Å². The van der Waals surface area contributed by atoms with Crippen LogP contribution in [0.4, 0.5) is 0 Å². The van der Waals surface area contributed by atoms with Gasteiger partial charge < -0.3 is 14.8 Å². The molecule has 3 nitrogen and oxygen atoms in total. The largest absolute Gasteiger partial charge is 0.490 e. The Morgan fingerprint density at radius 3 is 2.29 bits per heavy atom. The Morgan fingerprint density at radius 2 is 1.58 bits per heavy atom. The molecule has 0 heterocycles. The van der Waals surface area contributed by atoms with Crippen molar-refractivity contribution in [1.82, 2.24) is 5.32 Å². The number of rotatable bonds is 10. The smallest absolute Gasteiger partial charge is 0.180 e. The van der Waals surface area contributed by atoms with Crippen molar-refractivity contribution in [1.29, 1.82) is 0 Å². The molecule has 0 amide bonds. The van der Waals surface area contributed by atoms with Crippen molar-refractivity contribution >= 4 is 47.2 Å². The highest BCUT2D eigenvalue weighted by atomic mass is 35.5. The predicted molar refractivity (Wildman–Crippen MR) is 133 cm³/mol. The van der Waals surface area contributed by atoms with E-state index in [-0.39, 0.29) is 12.4 Å². The van der Waals surface area contributed by atoms with E-state index in [0.29, 0.717) is 41.3 Å². The molecular weight excluding hydrogens is 476 g/mol. The molecule has 1 N–H and O–H groups in total. The van der Waals surface area contributed by atoms with E-state index in [0.717, 1.165) is 29.1 Å². The molecule has 0 aliphatic heterocycles. The van der Waals surface area contributed by atoms with Crippen LogP contribution in [0.15, 0.2) is 60.7 Å². The normalized spacial score (nSPS) is 10.5. The summed E-state index contributed by atoms with van der Waals surface area (Å²) in [6.45, 7) is 4.29. The topological polar surface area (TPSA) is 30.5 Å². The van der Waals surface area contributed by atoms with E-state index in [1.807, 2.05) is 67.6 Å². The summed E-state index contributed by atoms with van der Waals surface area (Å²) in [4.78, 5) is 0. The van der Waals surface area contributed by atoms with Gasteiger partial charge in [0.15, 0.2) is 11.5 Å². The minimum atomic E-state index is 0. The predicted octanol–water partition coefficient (Wildman–Crippen LogP) is 7.38. The van der Waals surface area contributed by atoms with Gasteiger partial charge in [0.1, 0.15) is 6.61 Å². The zero-order valence-electron chi connectivity index (χ0n) is 17.2. The molecule has 0 aliphatic carbocycles. The number of benzene rings is 3. The zero-order valence-corrected chi connectivity index (χ0v) is 20.3. The van der Waals surface area contributed by atoms with Crippen LogP contribution in [0.2, 0.25) is 15.1 Å². The second kappa shape index (κ2) is 13.0. The number of hydrogen-bond acceptors (Lipinski definition) is 3. The fourth-order valence-electron chi connectivity index (χ4n) is 3.01. The van der Waals surface area contributed by atoms with Gasteiger partial charge in [0.2, 0.25) is 0 Å². The third-order valence-corrected chi connectivity index (χ3v) is 5.43. The molecule has 0 saturated heterocycles. The molecule has 3 rings (SSSR count). The summed E-state index contributed by atoms with van der Waals surface area (Å²) in [6, 6.07) is 19.3. The van der Waals surface area contributed by atoms with Crippen LogP contribution in [0.1, 0.15) is 23.6 Å². The van der Waals surface area contributed by atoms with Gasteiger partial charge in [-0.3, -0.25) is 0 Å². The van der Waals surface area contributed by atoms with E-state index < -0.39 is 0 Å². The van der Waals surface area contributed by atoms with Crippen LogP contribution in [0.3, 0.4) is 0 Å². The second-order valence-electron chi connectivity index (χ2n) is 6.77. The van der Waals surface area contributed by atoms with Gasteiger partial charge in [0, 0.05) is 22.2 Å². The molecule has 0 fully saturated rings. The first kappa shape index (κ1) is 25.6. The van der Waals surface area contributed by atoms with Crippen molar-refractivity contribution in [2.45, 2.75) is 26.5 Å². The van der Waals surface area contributed by atoms with Gasteiger partial charge in [0.25, 0.3) is 0 Å². The van der Waals surface area contributed by atoms with Crippen LogP contribution in [0.25, 0.3) is 0 Å². The Hall–Kier alpha value is -1.62. The molecule has 0 unspecified atom stereocenters. The van der Waals surface area contributed by atoms with Gasteiger partial charge in [-0.1, -0.05) is 65.1 Å². The molecule has 0 aromatic heterocycles. The SMILES string of the molecule is CCOc1cc(CNCCc2ccc(Cl)cc2)cc(Cl)c1OCc1ccccc1Cl.Cl. The van der Waals surface area contributed by atoms with Crippen molar-refractivity contribution in [2.75, 3.05) is 13.2 Å². The van der Waals surface area contributed by atoms with Gasteiger partial charge in [-0.2, -0.15) is 0 Å². The first-order valence-corrected chi connectivity index (χ1v) is 11.0. The van der Waals surface area contributed by atoms with Crippen LogP contribution < -0.4 is 14.8 Å². The summed E-state index contributed by atoms with van der Waals surface area (Å²) in [5, 5.41) is 5.37. The van der Waals surface area contributed by atoms with Gasteiger partial charge in [-0.15, -0.1) is 12.4 Å². The number of hydrogen-bond donors (Lipinski definition) is 1. The van der Waals surface area contributed by atoms with Crippen LogP contribution in [-0.4, -0.2) is 13.2 Å². The van der Waals surface area contributed by atoms with E-state index in [4.69, 9.17) is 44.3 Å². The van der Waals surface area contributed by atoms with Crippen molar-refractivity contribution < 1.29 is 9.47 Å². The van der Waals surface area contributed by atoms with Crippen molar-refractivity contribution in [3.05, 3.63) is 92.4 Å². The van der Waals surface area contributed by atoms with Crippen molar-refractivity contribution in [3.63, 3.8) is 0 Å². The molecule has 31 heavy (non-hydrogen) atoms. The maximum atomic E-state index is 6.52. The highest BCUT2D eigenvalue weighted by molar-refractivity contribution is 6.32. The molecular formula is C24H25Cl4NO2. The van der Waals surface area contributed by atoms with Crippen LogP contribution in [0, 0.1) is 0 Å². The molecule has 0 spiro atoms. The number of nitrogens with one attached hydrogen (secondary N) is 1. The molecule has 0 atom stereocenters. The Balaban J connectivity index is 0.00000341. The first-order valence-electron chi connectivity index (χ1n) is 9.83. The van der Waals surface area contributed by atoms with Gasteiger partial charge >= 0.3 is 0 Å². The Labute approximate surface area is 205 Å². The molecule has 166 valence electrons.